The Morgan fingerprint density at radius 3 is 2.10 bits per heavy atom. The second-order valence-corrected chi connectivity index (χ2v) is 5.33. The van der Waals surface area contributed by atoms with E-state index in [0.717, 1.165) is 0 Å². The summed E-state index contributed by atoms with van der Waals surface area (Å²) in [5.41, 5.74) is 9.70. The molecule has 0 heterocycles. The topological polar surface area (TPSA) is 35.2 Å². The summed E-state index contributed by atoms with van der Waals surface area (Å²) < 4.78 is 6.24. The minimum absolute atomic E-state index is 0.0202. The van der Waals surface area contributed by atoms with Gasteiger partial charge in [0.1, 0.15) is 0 Å². The predicted molar refractivity (Wildman–Crippen MR) is 83.5 cm³/mol. The molecule has 0 radical (unpaired) electrons. The van der Waals surface area contributed by atoms with Crippen LogP contribution in [0.2, 0.25) is 0 Å². The lowest BCUT2D eigenvalue weighted by Crippen LogP contribution is -2.28. The highest BCUT2D eigenvalue weighted by Crippen LogP contribution is 2.30. The van der Waals surface area contributed by atoms with Gasteiger partial charge in [-0.25, -0.2) is 0 Å². The lowest BCUT2D eigenvalue weighted by atomic mass is 9.98. The summed E-state index contributed by atoms with van der Waals surface area (Å²) in [5.74, 6) is 0. The fourth-order valence-electron chi connectivity index (χ4n) is 2.41. The molecule has 2 N–H and O–H groups in total. The molecule has 0 saturated carbocycles. The number of aryl methyl sites for hydroxylation is 1. The molecule has 2 rings (SSSR count). The van der Waals surface area contributed by atoms with Gasteiger partial charge in [0.25, 0.3) is 0 Å². The van der Waals surface area contributed by atoms with Crippen LogP contribution >= 0.6 is 0 Å². The SMILES string of the molecule is Cc1ccccc1C(OC(C)c1ccccc1)C(C)N. The van der Waals surface area contributed by atoms with Crippen molar-refractivity contribution in [2.45, 2.75) is 39.0 Å². The fourth-order valence-corrected chi connectivity index (χ4v) is 2.41. The maximum absolute atomic E-state index is 6.24. The predicted octanol–water partition coefficient (Wildman–Crippen LogP) is 4.16. The zero-order chi connectivity index (χ0) is 14.5. The minimum atomic E-state index is -0.0913. The van der Waals surface area contributed by atoms with Gasteiger partial charge in [-0.1, -0.05) is 54.6 Å². The molecule has 0 amide bonds. The van der Waals surface area contributed by atoms with E-state index in [0.29, 0.717) is 0 Å². The average molecular weight is 269 g/mol. The molecule has 0 aromatic heterocycles. The van der Waals surface area contributed by atoms with E-state index in [2.05, 4.69) is 38.1 Å². The van der Waals surface area contributed by atoms with Crippen LogP contribution < -0.4 is 5.73 Å². The molecule has 0 fully saturated rings. The number of rotatable bonds is 5. The van der Waals surface area contributed by atoms with E-state index in [4.69, 9.17) is 10.5 Å². The highest BCUT2D eigenvalue weighted by molar-refractivity contribution is 5.29. The summed E-state index contributed by atoms with van der Waals surface area (Å²) in [7, 11) is 0. The third kappa shape index (κ3) is 3.47. The number of ether oxygens (including phenoxy) is 1. The molecule has 0 aliphatic heterocycles. The van der Waals surface area contributed by atoms with Crippen LogP contribution in [0.1, 0.15) is 42.7 Å². The van der Waals surface area contributed by atoms with Crippen molar-refractivity contribution >= 4 is 0 Å². The summed E-state index contributed by atoms with van der Waals surface area (Å²) >= 11 is 0. The fraction of sp³-hybridized carbons (Fsp3) is 0.333. The van der Waals surface area contributed by atoms with Gasteiger partial charge in [-0.05, 0) is 37.5 Å². The summed E-state index contributed by atoms with van der Waals surface area (Å²) in [6.45, 7) is 6.17. The first-order valence-corrected chi connectivity index (χ1v) is 7.11. The molecular weight excluding hydrogens is 246 g/mol. The van der Waals surface area contributed by atoms with E-state index < -0.39 is 0 Å². The van der Waals surface area contributed by atoms with Crippen molar-refractivity contribution in [3.05, 3.63) is 71.3 Å². The Bertz CT molecular complexity index is 536. The van der Waals surface area contributed by atoms with Gasteiger partial charge in [0.2, 0.25) is 0 Å². The second kappa shape index (κ2) is 6.69. The van der Waals surface area contributed by atoms with Gasteiger partial charge < -0.3 is 10.5 Å². The van der Waals surface area contributed by atoms with Crippen molar-refractivity contribution in [1.82, 2.24) is 0 Å². The van der Waals surface area contributed by atoms with Crippen LogP contribution in [0, 0.1) is 6.92 Å². The van der Waals surface area contributed by atoms with Gasteiger partial charge >= 0.3 is 0 Å². The third-order valence-electron chi connectivity index (χ3n) is 3.59. The molecule has 0 saturated heterocycles. The van der Waals surface area contributed by atoms with Crippen LogP contribution in [0.3, 0.4) is 0 Å². The molecule has 0 aliphatic carbocycles. The summed E-state index contributed by atoms with van der Waals surface area (Å²) in [5, 5.41) is 0. The van der Waals surface area contributed by atoms with Crippen LogP contribution in [-0.4, -0.2) is 6.04 Å². The van der Waals surface area contributed by atoms with Crippen molar-refractivity contribution < 1.29 is 4.74 Å². The Morgan fingerprint density at radius 2 is 1.50 bits per heavy atom. The van der Waals surface area contributed by atoms with Crippen molar-refractivity contribution in [2.24, 2.45) is 5.73 Å². The van der Waals surface area contributed by atoms with Crippen LogP contribution in [0.25, 0.3) is 0 Å². The van der Waals surface area contributed by atoms with Gasteiger partial charge in [-0.3, -0.25) is 0 Å². The molecule has 2 aromatic carbocycles. The molecule has 2 nitrogen and oxygen atoms in total. The molecule has 20 heavy (non-hydrogen) atoms. The van der Waals surface area contributed by atoms with E-state index in [1.807, 2.05) is 37.3 Å². The van der Waals surface area contributed by atoms with E-state index in [9.17, 15) is 0 Å². The van der Waals surface area contributed by atoms with Gasteiger partial charge in [-0.2, -0.15) is 0 Å². The Kier molecular flexibility index (Phi) is 4.94. The average Bonchev–Trinajstić information content (AvgIpc) is 2.46. The largest absolute Gasteiger partial charge is 0.364 e. The number of hydrogen-bond donors (Lipinski definition) is 1. The number of benzene rings is 2. The summed E-state index contributed by atoms with van der Waals surface area (Å²) in [6, 6.07) is 18.5. The zero-order valence-electron chi connectivity index (χ0n) is 12.4. The normalized spacial score (nSPS) is 15.6. The Balaban J connectivity index is 2.21. The van der Waals surface area contributed by atoms with Crippen LogP contribution in [-0.2, 0) is 4.74 Å². The number of hydrogen-bond acceptors (Lipinski definition) is 2. The van der Waals surface area contributed by atoms with E-state index >= 15 is 0 Å². The molecule has 106 valence electrons. The van der Waals surface area contributed by atoms with E-state index in [1.54, 1.807) is 0 Å². The second-order valence-electron chi connectivity index (χ2n) is 5.33. The van der Waals surface area contributed by atoms with E-state index in [-0.39, 0.29) is 18.2 Å². The molecule has 2 heteroatoms. The first-order chi connectivity index (χ1) is 9.59. The molecule has 3 atom stereocenters. The molecule has 2 aromatic rings. The van der Waals surface area contributed by atoms with Crippen LogP contribution in [0.4, 0.5) is 0 Å². The lowest BCUT2D eigenvalue weighted by Gasteiger charge is -2.27. The molecule has 0 bridgehead atoms. The van der Waals surface area contributed by atoms with Gasteiger partial charge in [0.15, 0.2) is 0 Å². The smallest absolute Gasteiger partial charge is 0.0983 e. The highest BCUT2D eigenvalue weighted by Gasteiger charge is 2.21. The molecule has 0 spiro atoms. The van der Waals surface area contributed by atoms with Crippen LogP contribution in [0.5, 0.6) is 0 Å². The number of nitrogens with two attached hydrogens (primary N) is 1. The Labute approximate surface area is 121 Å². The van der Waals surface area contributed by atoms with Crippen LogP contribution in [0.15, 0.2) is 54.6 Å². The quantitative estimate of drug-likeness (QED) is 0.884. The van der Waals surface area contributed by atoms with Crippen molar-refractivity contribution in [3.8, 4) is 0 Å². The first-order valence-electron chi connectivity index (χ1n) is 7.11. The first kappa shape index (κ1) is 14.8. The standard InChI is InChI=1S/C18H23NO/c1-13-9-7-8-12-17(13)18(14(2)19)20-15(3)16-10-5-4-6-11-16/h4-12,14-15,18H,19H2,1-3H3. The molecule has 3 unspecified atom stereocenters. The Hall–Kier alpha value is -1.64. The Morgan fingerprint density at radius 1 is 0.900 bits per heavy atom. The van der Waals surface area contributed by atoms with Gasteiger partial charge in [-0.15, -0.1) is 0 Å². The summed E-state index contributed by atoms with van der Waals surface area (Å²) in [4.78, 5) is 0. The minimum Gasteiger partial charge on any atom is -0.364 e. The van der Waals surface area contributed by atoms with Crippen molar-refractivity contribution in [2.75, 3.05) is 0 Å². The lowest BCUT2D eigenvalue weighted by molar-refractivity contribution is -0.0165. The highest BCUT2D eigenvalue weighted by atomic mass is 16.5. The van der Waals surface area contributed by atoms with Gasteiger partial charge in [0.05, 0.1) is 12.2 Å². The zero-order valence-corrected chi connectivity index (χ0v) is 12.4. The molecule has 0 aliphatic rings. The monoisotopic (exact) mass is 269 g/mol. The summed E-state index contributed by atoms with van der Waals surface area (Å²) in [6.07, 6.45) is -0.0711. The third-order valence-corrected chi connectivity index (χ3v) is 3.59. The van der Waals surface area contributed by atoms with Crippen molar-refractivity contribution in [3.63, 3.8) is 0 Å². The van der Waals surface area contributed by atoms with E-state index in [1.165, 1.54) is 16.7 Å². The van der Waals surface area contributed by atoms with Gasteiger partial charge in [0, 0.05) is 6.04 Å². The van der Waals surface area contributed by atoms with Crippen molar-refractivity contribution in [1.29, 1.82) is 0 Å². The maximum Gasteiger partial charge on any atom is 0.0983 e. The maximum atomic E-state index is 6.24. The molecular formula is C18H23NO.